The number of aromatic nitrogens is 1. The lowest BCUT2D eigenvalue weighted by molar-refractivity contribution is 0.0976. The summed E-state index contributed by atoms with van der Waals surface area (Å²) < 4.78 is 0. The van der Waals surface area contributed by atoms with Gasteiger partial charge >= 0.3 is 0 Å². The molecule has 3 nitrogen and oxygen atoms in total. The molecule has 3 heteroatoms. The lowest BCUT2D eigenvalue weighted by Crippen LogP contribution is -2.34. The van der Waals surface area contributed by atoms with Crippen LogP contribution in [0.2, 0.25) is 0 Å². The normalized spacial score (nSPS) is 19.1. The molecule has 1 fully saturated rings. The lowest BCUT2D eigenvalue weighted by Gasteiger charge is -2.23. The molecule has 20 heavy (non-hydrogen) atoms. The molecule has 0 amide bonds. The fourth-order valence-corrected chi connectivity index (χ4v) is 2.98. The van der Waals surface area contributed by atoms with Crippen LogP contribution in [0, 0.1) is 0 Å². The molecule has 2 aromatic rings. The predicted molar refractivity (Wildman–Crippen MR) is 80.9 cm³/mol. The minimum Gasteiger partial charge on any atom is -0.314 e. The van der Waals surface area contributed by atoms with E-state index in [9.17, 15) is 4.79 Å². The number of carbonyl (C=O) groups is 1. The van der Waals surface area contributed by atoms with Crippen LogP contribution in [0.15, 0.2) is 36.7 Å². The summed E-state index contributed by atoms with van der Waals surface area (Å²) >= 11 is 0. The first kappa shape index (κ1) is 13.3. The van der Waals surface area contributed by atoms with Crippen LogP contribution in [0.25, 0.3) is 10.8 Å². The van der Waals surface area contributed by atoms with E-state index in [1.54, 1.807) is 6.20 Å². The maximum atomic E-state index is 12.5. The van der Waals surface area contributed by atoms with Gasteiger partial charge in [-0.1, -0.05) is 24.6 Å². The zero-order chi connectivity index (χ0) is 13.8. The van der Waals surface area contributed by atoms with Crippen molar-refractivity contribution in [1.29, 1.82) is 0 Å². The first-order valence-electron chi connectivity index (χ1n) is 7.44. The molecule has 1 saturated heterocycles. The lowest BCUT2D eigenvalue weighted by atomic mass is 9.95. The average molecular weight is 268 g/mol. The fourth-order valence-electron chi connectivity index (χ4n) is 2.98. The van der Waals surface area contributed by atoms with Crippen molar-refractivity contribution in [2.75, 3.05) is 6.54 Å². The Labute approximate surface area is 119 Å². The molecule has 1 unspecified atom stereocenters. The Kier molecular flexibility index (Phi) is 4.07. The van der Waals surface area contributed by atoms with E-state index >= 15 is 0 Å². The van der Waals surface area contributed by atoms with E-state index in [1.807, 2.05) is 30.5 Å². The van der Waals surface area contributed by atoms with Gasteiger partial charge in [0.05, 0.1) is 0 Å². The first-order chi connectivity index (χ1) is 9.84. The van der Waals surface area contributed by atoms with Gasteiger partial charge in [0.2, 0.25) is 0 Å². The van der Waals surface area contributed by atoms with Crippen molar-refractivity contribution in [2.24, 2.45) is 0 Å². The number of benzene rings is 1. The summed E-state index contributed by atoms with van der Waals surface area (Å²) in [6.45, 7) is 1.10. The van der Waals surface area contributed by atoms with Gasteiger partial charge in [-0.15, -0.1) is 0 Å². The number of nitrogens with zero attached hydrogens (tertiary/aromatic N) is 1. The number of piperidine rings is 1. The summed E-state index contributed by atoms with van der Waals surface area (Å²) in [6.07, 6.45) is 8.88. The Hall–Kier alpha value is -1.74. The number of nitrogens with one attached hydrogen (secondary N) is 1. The molecule has 2 heterocycles. The van der Waals surface area contributed by atoms with Crippen LogP contribution < -0.4 is 5.32 Å². The Morgan fingerprint density at radius 2 is 2.25 bits per heavy atom. The smallest absolute Gasteiger partial charge is 0.163 e. The van der Waals surface area contributed by atoms with Gasteiger partial charge in [-0.25, -0.2) is 0 Å². The number of fused-ring (bicyclic) bond motifs is 1. The molecule has 1 aliphatic rings. The van der Waals surface area contributed by atoms with E-state index in [4.69, 9.17) is 0 Å². The number of ketones is 1. The highest BCUT2D eigenvalue weighted by molar-refractivity contribution is 6.07. The molecule has 0 saturated carbocycles. The quantitative estimate of drug-likeness (QED) is 0.865. The zero-order valence-electron chi connectivity index (χ0n) is 11.6. The van der Waals surface area contributed by atoms with Gasteiger partial charge in [-0.2, -0.15) is 0 Å². The summed E-state index contributed by atoms with van der Waals surface area (Å²) in [5.41, 5.74) is 0.834. The summed E-state index contributed by atoms with van der Waals surface area (Å²) in [5.74, 6) is 0.245. The molecule has 0 bridgehead atoms. The predicted octanol–water partition coefficient (Wildman–Crippen LogP) is 3.34. The molecular formula is C17H20N2O. The highest BCUT2D eigenvalue weighted by Crippen LogP contribution is 2.20. The van der Waals surface area contributed by atoms with Gasteiger partial charge in [-0.3, -0.25) is 9.78 Å². The van der Waals surface area contributed by atoms with Crippen LogP contribution in [-0.4, -0.2) is 23.4 Å². The third-order valence-electron chi connectivity index (χ3n) is 4.11. The molecule has 0 radical (unpaired) electrons. The number of carbonyl (C=O) groups excluding carboxylic acids is 1. The maximum absolute atomic E-state index is 12.5. The van der Waals surface area contributed by atoms with Crippen LogP contribution in [0.5, 0.6) is 0 Å². The van der Waals surface area contributed by atoms with E-state index in [0.29, 0.717) is 12.5 Å². The highest BCUT2D eigenvalue weighted by Gasteiger charge is 2.16. The Balaban J connectivity index is 1.72. The monoisotopic (exact) mass is 268 g/mol. The number of rotatable bonds is 4. The highest BCUT2D eigenvalue weighted by atomic mass is 16.1. The van der Waals surface area contributed by atoms with E-state index in [2.05, 4.69) is 10.3 Å². The molecule has 3 rings (SSSR count). The van der Waals surface area contributed by atoms with Gasteiger partial charge in [0.1, 0.15) is 0 Å². The maximum Gasteiger partial charge on any atom is 0.163 e. The topological polar surface area (TPSA) is 42.0 Å². The molecule has 1 atom stereocenters. The van der Waals surface area contributed by atoms with Gasteiger partial charge in [0.25, 0.3) is 0 Å². The van der Waals surface area contributed by atoms with Crippen molar-refractivity contribution in [3.05, 3.63) is 42.2 Å². The molecule has 1 aromatic carbocycles. The Morgan fingerprint density at radius 3 is 3.10 bits per heavy atom. The third kappa shape index (κ3) is 2.88. The Bertz CT molecular complexity index is 597. The van der Waals surface area contributed by atoms with Gasteiger partial charge < -0.3 is 5.32 Å². The minimum atomic E-state index is 0.245. The third-order valence-corrected chi connectivity index (χ3v) is 4.11. The molecule has 0 spiro atoms. The molecule has 1 aliphatic heterocycles. The van der Waals surface area contributed by atoms with Crippen LogP contribution in [0.3, 0.4) is 0 Å². The summed E-state index contributed by atoms with van der Waals surface area (Å²) in [5, 5.41) is 5.55. The molecule has 1 aromatic heterocycles. The zero-order valence-corrected chi connectivity index (χ0v) is 11.6. The van der Waals surface area contributed by atoms with Gasteiger partial charge in [0.15, 0.2) is 5.78 Å². The van der Waals surface area contributed by atoms with Crippen molar-refractivity contribution in [1.82, 2.24) is 10.3 Å². The average Bonchev–Trinajstić information content (AvgIpc) is 2.53. The second-order valence-electron chi connectivity index (χ2n) is 5.51. The van der Waals surface area contributed by atoms with E-state index in [0.717, 1.165) is 29.3 Å². The number of Topliss-reactive ketones (excluding diaryl/α,β-unsaturated/α-hetero) is 1. The van der Waals surface area contributed by atoms with E-state index < -0.39 is 0 Å². The van der Waals surface area contributed by atoms with Gasteiger partial charge in [0, 0.05) is 35.8 Å². The second-order valence-corrected chi connectivity index (χ2v) is 5.51. The van der Waals surface area contributed by atoms with Crippen molar-refractivity contribution in [2.45, 2.75) is 38.1 Å². The number of hydrogen-bond donors (Lipinski definition) is 1. The number of hydrogen-bond acceptors (Lipinski definition) is 3. The van der Waals surface area contributed by atoms with Gasteiger partial charge in [-0.05, 0) is 37.3 Å². The molecule has 1 N–H and O–H groups in total. The van der Waals surface area contributed by atoms with Crippen LogP contribution >= 0.6 is 0 Å². The van der Waals surface area contributed by atoms with E-state index in [1.165, 1.54) is 19.3 Å². The minimum absolute atomic E-state index is 0.245. The standard InChI is InChI=1S/C17H20N2O/c20-17(8-7-14-5-1-2-10-19-14)16-6-3-4-13-12-18-11-9-15(13)16/h3-4,6,9,11-12,14,19H,1-2,5,7-8,10H2. The fraction of sp³-hybridized carbons (Fsp3) is 0.412. The number of pyridine rings is 1. The first-order valence-corrected chi connectivity index (χ1v) is 7.44. The van der Waals surface area contributed by atoms with Crippen LogP contribution in [0.1, 0.15) is 42.5 Å². The van der Waals surface area contributed by atoms with E-state index in [-0.39, 0.29) is 5.78 Å². The Morgan fingerprint density at radius 1 is 1.30 bits per heavy atom. The molecular weight excluding hydrogens is 248 g/mol. The van der Waals surface area contributed by atoms with Crippen LogP contribution in [0.4, 0.5) is 0 Å². The second kappa shape index (κ2) is 6.14. The molecule has 104 valence electrons. The van der Waals surface area contributed by atoms with Crippen LogP contribution in [-0.2, 0) is 0 Å². The van der Waals surface area contributed by atoms with Crippen molar-refractivity contribution < 1.29 is 4.79 Å². The largest absolute Gasteiger partial charge is 0.314 e. The summed E-state index contributed by atoms with van der Waals surface area (Å²) in [4.78, 5) is 16.6. The molecule has 0 aliphatic carbocycles. The SMILES string of the molecule is O=C(CCC1CCCCN1)c1cccc2cnccc12. The summed E-state index contributed by atoms with van der Waals surface area (Å²) in [7, 11) is 0. The van der Waals surface area contributed by atoms with Crippen molar-refractivity contribution >= 4 is 16.6 Å². The van der Waals surface area contributed by atoms with Crippen molar-refractivity contribution in [3.8, 4) is 0 Å². The van der Waals surface area contributed by atoms with Crippen molar-refractivity contribution in [3.63, 3.8) is 0 Å². The summed E-state index contributed by atoms with van der Waals surface area (Å²) in [6, 6.07) is 8.32.